The predicted octanol–water partition coefficient (Wildman–Crippen LogP) is 2.84. The monoisotopic (exact) mass is 254 g/mol. The average molecular weight is 255 g/mol. The van der Waals surface area contributed by atoms with Crippen LogP contribution in [0.2, 0.25) is 0 Å². The van der Waals surface area contributed by atoms with Gasteiger partial charge in [-0.25, -0.2) is 4.98 Å². The quantitative estimate of drug-likeness (QED) is 0.717. The van der Waals surface area contributed by atoms with Crippen LogP contribution < -0.4 is 4.90 Å². The maximum Gasteiger partial charge on any atom is 0.128 e. The van der Waals surface area contributed by atoms with Crippen LogP contribution in [0.5, 0.6) is 0 Å². The molecule has 0 spiro atoms. The molecule has 1 unspecified atom stereocenters. The van der Waals surface area contributed by atoms with Crippen molar-refractivity contribution in [2.45, 2.75) is 24.1 Å². The van der Waals surface area contributed by atoms with E-state index in [0.717, 1.165) is 18.9 Å². The third kappa shape index (κ3) is 2.47. The molecule has 3 heteroatoms. The lowest BCUT2D eigenvalue weighted by Crippen LogP contribution is -2.24. The van der Waals surface area contributed by atoms with E-state index in [4.69, 9.17) is 0 Å². The van der Waals surface area contributed by atoms with E-state index < -0.39 is 0 Å². The van der Waals surface area contributed by atoms with Crippen LogP contribution in [0.25, 0.3) is 0 Å². The van der Waals surface area contributed by atoms with Gasteiger partial charge in [0.1, 0.15) is 5.82 Å². The summed E-state index contributed by atoms with van der Waals surface area (Å²) in [6.07, 6.45) is 5.62. The SMILES string of the molecule is BrC1CCCN(c2ccccn2)CC1. The summed E-state index contributed by atoms with van der Waals surface area (Å²) >= 11 is 3.69. The largest absolute Gasteiger partial charge is 0.357 e. The second kappa shape index (κ2) is 4.78. The highest BCUT2D eigenvalue weighted by Crippen LogP contribution is 2.20. The lowest BCUT2D eigenvalue weighted by atomic mass is 10.2. The van der Waals surface area contributed by atoms with Crippen LogP contribution in [0.15, 0.2) is 24.4 Å². The Morgan fingerprint density at radius 2 is 2.21 bits per heavy atom. The van der Waals surface area contributed by atoms with Crippen LogP contribution >= 0.6 is 15.9 Å². The van der Waals surface area contributed by atoms with Crippen molar-refractivity contribution in [3.05, 3.63) is 24.4 Å². The van der Waals surface area contributed by atoms with E-state index in [1.807, 2.05) is 12.3 Å². The molecule has 0 saturated carbocycles. The summed E-state index contributed by atoms with van der Waals surface area (Å²) in [5, 5.41) is 0. The Labute approximate surface area is 93.5 Å². The van der Waals surface area contributed by atoms with Crippen molar-refractivity contribution in [3.8, 4) is 0 Å². The smallest absolute Gasteiger partial charge is 0.128 e. The van der Waals surface area contributed by atoms with Crippen LogP contribution in [-0.4, -0.2) is 22.9 Å². The Balaban J connectivity index is 2.04. The van der Waals surface area contributed by atoms with Gasteiger partial charge in [-0.1, -0.05) is 22.0 Å². The molecule has 2 heterocycles. The number of anilines is 1. The minimum atomic E-state index is 0.691. The Morgan fingerprint density at radius 1 is 1.29 bits per heavy atom. The molecule has 1 aromatic rings. The highest BCUT2D eigenvalue weighted by atomic mass is 79.9. The molecule has 76 valence electrons. The normalized spacial score (nSPS) is 23.2. The van der Waals surface area contributed by atoms with Crippen molar-refractivity contribution in [1.82, 2.24) is 4.98 Å². The molecule has 1 saturated heterocycles. The molecule has 1 aliphatic heterocycles. The molecule has 0 aliphatic carbocycles. The van der Waals surface area contributed by atoms with Crippen molar-refractivity contribution >= 4 is 21.7 Å². The molecule has 0 bridgehead atoms. The number of alkyl halides is 1. The number of halogens is 1. The maximum atomic E-state index is 4.38. The molecular formula is C11H15BrN2. The summed E-state index contributed by atoms with van der Waals surface area (Å²) in [6, 6.07) is 6.11. The second-order valence-corrected chi connectivity index (χ2v) is 5.00. The molecule has 1 atom stereocenters. The lowest BCUT2D eigenvalue weighted by molar-refractivity contribution is 0.753. The zero-order valence-electron chi connectivity index (χ0n) is 8.19. The van der Waals surface area contributed by atoms with Crippen LogP contribution in [0.3, 0.4) is 0 Å². The van der Waals surface area contributed by atoms with E-state index in [9.17, 15) is 0 Å². The zero-order valence-corrected chi connectivity index (χ0v) is 9.78. The standard InChI is InChI=1S/C11H15BrN2/c12-10-4-3-8-14(9-6-10)11-5-1-2-7-13-11/h1-2,5,7,10H,3-4,6,8-9H2. The van der Waals surface area contributed by atoms with Gasteiger partial charge in [-0.2, -0.15) is 0 Å². The van der Waals surface area contributed by atoms with Crippen molar-refractivity contribution in [2.75, 3.05) is 18.0 Å². The third-order valence-electron chi connectivity index (χ3n) is 2.63. The predicted molar refractivity (Wildman–Crippen MR) is 63.0 cm³/mol. The first kappa shape index (κ1) is 9.97. The minimum absolute atomic E-state index is 0.691. The summed E-state index contributed by atoms with van der Waals surface area (Å²) in [4.78, 5) is 7.45. The van der Waals surface area contributed by atoms with E-state index >= 15 is 0 Å². The van der Waals surface area contributed by atoms with E-state index in [-0.39, 0.29) is 0 Å². The first-order valence-corrected chi connectivity index (χ1v) is 6.08. The molecule has 1 aliphatic rings. The topological polar surface area (TPSA) is 16.1 Å². The highest BCUT2D eigenvalue weighted by molar-refractivity contribution is 9.09. The summed E-state index contributed by atoms with van der Waals surface area (Å²) < 4.78 is 0. The summed E-state index contributed by atoms with van der Waals surface area (Å²) in [7, 11) is 0. The van der Waals surface area contributed by atoms with Crippen LogP contribution in [-0.2, 0) is 0 Å². The van der Waals surface area contributed by atoms with Crippen molar-refractivity contribution in [3.63, 3.8) is 0 Å². The Hall–Kier alpha value is -0.570. The highest BCUT2D eigenvalue weighted by Gasteiger charge is 2.15. The van der Waals surface area contributed by atoms with Crippen LogP contribution in [0, 0.1) is 0 Å². The summed E-state index contributed by atoms with van der Waals surface area (Å²) in [5.41, 5.74) is 0. The first-order chi connectivity index (χ1) is 6.86. The molecule has 2 rings (SSSR count). The van der Waals surface area contributed by atoms with Gasteiger partial charge in [0.05, 0.1) is 0 Å². The number of nitrogens with zero attached hydrogens (tertiary/aromatic N) is 2. The number of rotatable bonds is 1. The second-order valence-electron chi connectivity index (χ2n) is 3.70. The van der Waals surface area contributed by atoms with Crippen molar-refractivity contribution in [2.24, 2.45) is 0 Å². The van der Waals surface area contributed by atoms with Gasteiger partial charge in [-0.3, -0.25) is 0 Å². The molecule has 1 aromatic heterocycles. The van der Waals surface area contributed by atoms with Gasteiger partial charge in [0, 0.05) is 24.1 Å². The number of pyridine rings is 1. The number of aromatic nitrogens is 1. The minimum Gasteiger partial charge on any atom is -0.357 e. The van der Waals surface area contributed by atoms with E-state index in [2.05, 4.69) is 37.9 Å². The molecule has 1 fully saturated rings. The fraction of sp³-hybridized carbons (Fsp3) is 0.545. The van der Waals surface area contributed by atoms with Gasteiger partial charge >= 0.3 is 0 Å². The fourth-order valence-electron chi connectivity index (χ4n) is 1.83. The molecule has 0 amide bonds. The van der Waals surface area contributed by atoms with Gasteiger partial charge in [0.25, 0.3) is 0 Å². The molecule has 0 aromatic carbocycles. The van der Waals surface area contributed by atoms with Gasteiger partial charge in [0.2, 0.25) is 0 Å². The van der Waals surface area contributed by atoms with E-state index in [0.29, 0.717) is 4.83 Å². The van der Waals surface area contributed by atoms with Crippen molar-refractivity contribution in [1.29, 1.82) is 0 Å². The van der Waals surface area contributed by atoms with Crippen LogP contribution in [0.4, 0.5) is 5.82 Å². The van der Waals surface area contributed by atoms with Gasteiger partial charge in [0.15, 0.2) is 0 Å². The third-order valence-corrected chi connectivity index (χ3v) is 3.55. The van der Waals surface area contributed by atoms with Crippen LogP contribution in [0.1, 0.15) is 19.3 Å². The van der Waals surface area contributed by atoms with Crippen molar-refractivity contribution < 1.29 is 0 Å². The Morgan fingerprint density at radius 3 is 3.00 bits per heavy atom. The van der Waals surface area contributed by atoms with E-state index in [1.165, 1.54) is 19.3 Å². The molecule has 14 heavy (non-hydrogen) atoms. The fourth-order valence-corrected chi connectivity index (χ4v) is 2.35. The van der Waals surface area contributed by atoms with E-state index in [1.54, 1.807) is 0 Å². The average Bonchev–Trinajstić information content (AvgIpc) is 2.44. The molecule has 0 N–H and O–H groups in total. The number of hydrogen-bond donors (Lipinski definition) is 0. The summed E-state index contributed by atoms with van der Waals surface area (Å²) in [6.45, 7) is 2.26. The number of hydrogen-bond acceptors (Lipinski definition) is 2. The Bertz CT molecular complexity index is 276. The first-order valence-electron chi connectivity index (χ1n) is 5.16. The van der Waals surface area contributed by atoms with Gasteiger partial charge in [-0.05, 0) is 31.4 Å². The molecule has 0 radical (unpaired) electrons. The zero-order chi connectivity index (χ0) is 9.80. The maximum absolute atomic E-state index is 4.38. The lowest BCUT2D eigenvalue weighted by Gasteiger charge is -2.20. The Kier molecular flexibility index (Phi) is 3.40. The summed E-state index contributed by atoms with van der Waals surface area (Å²) in [5.74, 6) is 1.12. The van der Waals surface area contributed by atoms with Gasteiger partial charge in [-0.15, -0.1) is 0 Å². The van der Waals surface area contributed by atoms with Gasteiger partial charge < -0.3 is 4.90 Å². The molecular weight excluding hydrogens is 240 g/mol. The molecule has 2 nitrogen and oxygen atoms in total.